The number of rotatable bonds is 28. The van der Waals surface area contributed by atoms with Gasteiger partial charge < -0.3 is 29.2 Å². The molecule has 0 radical (unpaired) electrons. The molecule has 2 amide bonds. The van der Waals surface area contributed by atoms with Crippen LogP contribution in [0.4, 0.5) is 21.0 Å². The maximum Gasteiger partial charge on any atom is 0.412 e. The van der Waals surface area contributed by atoms with Crippen molar-refractivity contribution in [2.24, 2.45) is 0 Å². The zero-order chi connectivity index (χ0) is 45.0. The van der Waals surface area contributed by atoms with Gasteiger partial charge in [0, 0.05) is 41.1 Å². The molecule has 2 aromatic rings. The Morgan fingerprint density at radius 2 is 1.03 bits per heavy atom. The third kappa shape index (κ3) is 20.0. The van der Waals surface area contributed by atoms with Crippen molar-refractivity contribution in [3.63, 3.8) is 0 Å². The van der Waals surface area contributed by atoms with Gasteiger partial charge in [0.2, 0.25) is 12.1 Å². The molecule has 2 aromatic carbocycles. The number of ether oxygens (including phenoxy) is 4. The maximum absolute atomic E-state index is 12.4. The first-order chi connectivity index (χ1) is 29.9. The Balaban J connectivity index is 0.000000330. The van der Waals surface area contributed by atoms with Crippen LogP contribution in [0.1, 0.15) is 169 Å². The van der Waals surface area contributed by atoms with E-state index in [1.165, 1.54) is 103 Å². The van der Waals surface area contributed by atoms with E-state index < -0.39 is 48.4 Å². The van der Waals surface area contributed by atoms with Crippen LogP contribution in [0.3, 0.4) is 0 Å². The molecule has 2 aliphatic rings. The zero-order valence-corrected chi connectivity index (χ0v) is 37.8. The predicted molar refractivity (Wildman–Crippen MR) is 243 cm³/mol. The number of aliphatic hydroxyl groups excluding tert-OH is 1. The molecule has 12 heteroatoms. The van der Waals surface area contributed by atoms with E-state index in [1.54, 1.807) is 31.2 Å². The first-order valence-corrected chi connectivity index (χ1v) is 23.3. The molecule has 62 heavy (non-hydrogen) atoms. The Labute approximate surface area is 370 Å². The van der Waals surface area contributed by atoms with E-state index in [-0.39, 0.29) is 5.57 Å². The topological polar surface area (TPSA) is 170 Å². The summed E-state index contributed by atoms with van der Waals surface area (Å²) in [6.45, 7) is 7.45. The minimum absolute atomic E-state index is 0.289. The number of aliphatic hydroxyl groups is 2. The summed E-state index contributed by atoms with van der Waals surface area (Å²) in [5.41, 5.74) is 2.19. The molecule has 0 spiro atoms. The molecule has 4 rings (SSSR count). The summed E-state index contributed by atoms with van der Waals surface area (Å²) in [6.07, 6.45) is 22.3. The van der Waals surface area contributed by atoms with Crippen molar-refractivity contribution in [2.75, 3.05) is 10.6 Å². The van der Waals surface area contributed by atoms with E-state index in [1.807, 2.05) is 36.4 Å². The molecular weight excluding hydrogens is 789 g/mol. The third-order valence-electron chi connectivity index (χ3n) is 11.2. The summed E-state index contributed by atoms with van der Waals surface area (Å²) < 4.78 is 21.1. The molecular formula is C50H74N2O10. The minimum Gasteiger partial charge on any atom is -0.441 e. The highest BCUT2D eigenvalue weighted by atomic mass is 16.7. The number of para-hydroxylation sites is 2. The molecule has 2 heterocycles. The quantitative estimate of drug-likeness (QED) is 0.0367. The smallest absolute Gasteiger partial charge is 0.412 e. The first-order valence-electron chi connectivity index (χ1n) is 23.3. The molecule has 4 unspecified atom stereocenters. The van der Waals surface area contributed by atoms with E-state index in [2.05, 4.69) is 24.5 Å². The van der Waals surface area contributed by atoms with E-state index in [0.717, 1.165) is 38.5 Å². The van der Waals surface area contributed by atoms with Crippen molar-refractivity contribution in [3.05, 3.63) is 83.5 Å². The number of carbonyl (C=O) groups excluding carboxylic acids is 4. The zero-order valence-electron chi connectivity index (χ0n) is 37.8. The molecule has 4 N–H and O–H groups in total. The van der Waals surface area contributed by atoms with Gasteiger partial charge in [0.1, 0.15) is 12.2 Å². The van der Waals surface area contributed by atoms with Crippen LogP contribution in [0.25, 0.3) is 0 Å². The van der Waals surface area contributed by atoms with Gasteiger partial charge in [-0.3, -0.25) is 10.6 Å². The van der Waals surface area contributed by atoms with Gasteiger partial charge in [0.05, 0.1) is 0 Å². The van der Waals surface area contributed by atoms with Crippen LogP contribution in [0.15, 0.2) is 83.5 Å². The number of hydrogen-bond donors (Lipinski definition) is 4. The molecule has 0 bridgehead atoms. The van der Waals surface area contributed by atoms with E-state index in [4.69, 9.17) is 18.9 Å². The number of nitrogens with one attached hydrogen (secondary N) is 2. The fourth-order valence-electron chi connectivity index (χ4n) is 7.68. The van der Waals surface area contributed by atoms with Crippen LogP contribution in [0.5, 0.6) is 0 Å². The second-order valence-corrected chi connectivity index (χ2v) is 16.6. The molecule has 0 saturated heterocycles. The number of esters is 2. The first kappa shape index (κ1) is 51.7. The third-order valence-corrected chi connectivity index (χ3v) is 11.2. The predicted octanol–water partition coefficient (Wildman–Crippen LogP) is 12.2. The van der Waals surface area contributed by atoms with Gasteiger partial charge in [0.25, 0.3) is 0 Å². The molecule has 12 nitrogen and oxygen atoms in total. The fraction of sp³-hybridized carbons (Fsp3) is 0.600. The standard InChI is InChI=1S/2C25H37NO5/c1-3-4-5-6-7-8-9-10-11-15-18-22(21-19-23(27)31-25(21,2)29)30-24(28)26-20-16-13-12-14-17-20;1-3-4-5-6-7-8-9-10-11-15-18-21(22-19(2)23(27)31-24(22)28)30-25(29)26-20-16-13-12-14-17-20/h12-14,16-17,19,22,29H,3-11,15,18H2,1-2H3,(H,26,28);12-14,16-17,21,24,28H,3-11,15,18H2,1-2H3,(H,26,29). The van der Waals surface area contributed by atoms with Gasteiger partial charge in [-0.1, -0.05) is 166 Å². The van der Waals surface area contributed by atoms with Crippen molar-refractivity contribution < 1.29 is 48.3 Å². The van der Waals surface area contributed by atoms with Crippen molar-refractivity contribution in [3.8, 4) is 0 Å². The minimum atomic E-state index is -1.76. The summed E-state index contributed by atoms with van der Waals surface area (Å²) in [5, 5.41) is 26.0. The number of benzene rings is 2. The van der Waals surface area contributed by atoms with E-state index in [9.17, 15) is 29.4 Å². The maximum atomic E-state index is 12.4. The lowest BCUT2D eigenvalue weighted by Gasteiger charge is -2.26. The highest BCUT2D eigenvalue weighted by Gasteiger charge is 2.42. The van der Waals surface area contributed by atoms with Gasteiger partial charge in [0.15, 0.2) is 0 Å². The fourth-order valence-corrected chi connectivity index (χ4v) is 7.68. The van der Waals surface area contributed by atoms with Gasteiger partial charge >= 0.3 is 24.1 Å². The van der Waals surface area contributed by atoms with E-state index >= 15 is 0 Å². The number of cyclic esters (lactones) is 2. The lowest BCUT2D eigenvalue weighted by molar-refractivity contribution is -0.177. The Hall–Kier alpha value is -4.68. The number of unbranched alkanes of at least 4 members (excludes halogenated alkanes) is 18. The van der Waals surface area contributed by atoms with Crippen LogP contribution in [0, 0.1) is 0 Å². The Morgan fingerprint density at radius 1 is 0.645 bits per heavy atom. The lowest BCUT2D eigenvalue weighted by Crippen LogP contribution is -2.36. The molecule has 0 fully saturated rings. The van der Waals surface area contributed by atoms with Gasteiger partial charge in [-0.15, -0.1) is 0 Å². The Bertz CT molecular complexity index is 1680. The monoisotopic (exact) mass is 863 g/mol. The average molecular weight is 863 g/mol. The molecule has 0 saturated carbocycles. The second-order valence-electron chi connectivity index (χ2n) is 16.6. The summed E-state index contributed by atoms with van der Waals surface area (Å²) in [6, 6.07) is 18.0. The van der Waals surface area contributed by atoms with Gasteiger partial charge in [-0.25, -0.2) is 19.2 Å². The largest absolute Gasteiger partial charge is 0.441 e. The molecule has 2 aliphatic heterocycles. The normalized spacial score (nSPS) is 17.9. The van der Waals surface area contributed by atoms with Crippen molar-refractivity contribution in [1.29, 1.82) is 0 Å². The second kappa shape index (κ2) is 29.6. The Kier molecular flexibility index (Phi) is 24.7. The van der Waals surface area contributed by atoms with Crippen LogP contribution in [0.2, 0.25) is 0 Å². The number of anilines is 2. The van der Waals surface area contributed by atoms with Crippen LogP contribution in [-0.4, -0.2) is 58.6 Å². The number of carbonyl (C=O) groups is 4. The van der Waals surface area contributed by atoms with Crippen molar-refractivity contribution in [2.45, 2.75) is 193 Å². The van der Waals surface area contributed by atoms with Crippen LogP contribution < -0.4 is 10.6 Å². The molecule has 0 aliphatic carbocycles. The summed E-state index contributed by atoms with van der Waals surface area (Å²) >= 11 is 0. The van der Waals surface area contributed by atoms with E-state index in [0.29, 0.717) is 35.4 Å². The van der Waals surface area contributed by atoms with Crippen LogP contribution >= 0.6 is 0 Å². The van der Waals surface area contributed by atoms with Crippen molar-refractivity contribution >= 4 is 35.5 Å². The highest BCUT2D eigenvalue weighted by molar-refractivity contribution is 5.92. The number of amides is 2. The Morgan fingerprint density at radius 3 is 1.40 bits per heavy atom. The SMILES string of the molecule is CCCCCCCCCCCCC(OC(=O)Nc1ccccc1)C1=C(C)C(=O)OC1O.CCCCCCCCCCCCC(OC(=O)Nc1ccccc1)C1=CC(=O)OC1(C)O. The summed E-state index contributed by atoms with van der Waals surface area (Å²) in [5.74, 6) is -2.95. The lowest BCUT2D eigenvalue weighted by atomic mass is 9.97. The molecule has 344 valence electrons. The van der Waals surface area contributed by atoms with Crippen molar-refractivity contribution in [1.82, 2.24) is 0 Å². The van der Waals surface area contributed by atoms with Crippen LogP contribution in [-0.2, 0) is 28.5 Å². The molecule has 0 aromatic heterocycles. The summed E-state index contributed by atoms with van der Waals surface area (Å²) in [4.78, 5) is 48.3. The summed E-state index contributed by atoms with van der Waals surface area (Å²) in [7, 11) is 0. The average Bonchev–Trinajstić information content (AvgIpc) is 3.67. The highest BCUT2D eigenvalue weighted by Crippen LogP contribution is 2.32. The van der Waals surface area contributed by atoms with Gasteiger partial charge in [-0.2, -0.15) is 0 Å². The molecule has 4 atom stereocenters. The number of hydrogen-bond acceptors (Lipinski definition) is 10. The van der Waals surface area contributed by atoms with Gasteiger partial charge in [-0.05, 0) is 56.9 Å².